The summed E-state index contributed by atoms with van der Waals surface area (Å²) in [6, 6.07) is 0. The van der Waals surface area contributed by atoms with Crippen LogP contribution in [0.15, 0.2) is 0 Å². The molecule has 0 atom stereocenters. The molecule has 0 amide bonds. The van der Waals surface area contributed by atoms with Gasteiger partial charge in [-0.3, -0.25) is 4.79 Å². The molecule has 0 aliphatic carbocycles. The minimum atomic E-state index is -6.24. The summed E-state index contributed by atoms with van der Waals surface area (Å²) in [7, 11) is -6.24. The summed E-state index contributed by atoms with van der Waals surface area (Å²) < 4.78 is 85.8. The van der Waals surface area contributed by atoms with Crippen LogP contribution in [0.5, 0.6) is 0 Å². The first kappa shape index (κ1) is 16.4. The van der Waals surface area contributed by atoms with Crippen molar-refractivity contribution in [2.24, 2.45) is 0 Å². The molecule has 0 rings (SSSR count). The van der Waals surface area contributed by atoms with Crippen LogP contribution in [0.3, 0.4) is 0 Å². The minimum absolute atomic E-state index is 0.500. The predicted molar refractivity (Wildman–Crippen MR) is 32.3 cm³/mol. The van der Waals surface area contributed by atoms with Gasteiger partial charge in [0.2, 0.25) is 0 Å². The van der Waals surface area contributed by atoms with Gasteiger partial charge in [-0.05, 0) is 0 Å². The van der Waals surface area contributed by atoms with Gasteiger partial charge in [-0.1, -0.05) is 0 Å². The molecule has 0 saturated heterocycles. The average molecular weight is 258 g/mol. The van der Waals surface area contributed by atoms with E-state index in [1.54, 1.807) is 0 Å². The maximum atomic E-state index is 11.8. The Kier molecular flexibility index (Phi) is 5.61. The van der Waals surface area contributed by atoms with Gasteiger partial charge < -0.3 is 4.55 Å². The zero-order valence-electron chi connectivity index (χ0n) is 6.59. The molecule has 15 heavy (non-hydrogen) atoms. The van der Waals surface area contributed by atoms with Crippen molar-refractivity contribution in [2.45, 2.75) is 17.9 Å². The van der Waals surface area contributed by atoms with E-state index in [2.05, 4.69) is 0 Å². The fraction of sp³-hybridized carbons (Fsp3) is 0.750. The van der Waals surface area contributed by atoms with E-state index in [1.807, 2.05) is 0 Å². The topological polar surface area (TPSA) is 95.7 Å². The van der Waals surface area contributed by atoms with Gasteiger partial charge in [-0.25, -0.2) is 8.42 Å². The first-order valence-electron chi connectivity index (χ1n) is 2.78. The summed E-state index contributed by atoms with van der Waals surface area (Å²) in [5.74, 6) is 0. The molecule has 0 radical (unpaired) electrons. The third kappa shape index (κ3) is 7.97. The van der Waals surface area contributed by atoms with Crippen LogP contribution in [0.2, 0.25) is 0 Å². The first-order valence-corrected chi connectivity index (χ1v) is 4.19. The summed E-state index contributed by atoms with van der Waals surface area (Å²) >= 11 is 0. The number of hydrogen-bond acceptors (Lipinski definition) is 4. The Morgan fingerprint density at radius 3 is 1.53 bits per heavy atom. The maximum Gasteiger partial charge on any atom is 0.660 e. The molecule has 0 fully saturated rings. The van der Waals surface area contributed by atoms with Gasteiger partial charge in [0.05, 0.1) is 0 Å². The van der Waals surface area contributed by atoms with Crippen molar-refractivity contribution in [1.82, 2.24) is 0 Å². The lowest BCUT2D eigenvalue weighted by atomic mass is 10.4. The molecule has 0 aliphatic rings. The van der Waals surface area contributed by atoms with Gasteiger partial charge in [0, 0.05) is 0 Å². The van der Waals surface area contributed by atoms with Gasteiger partial charge in [-0.15, -0.1) is 0 Å². The molecule has 0 heterocycles. The number of hydrogen-bond donors (Lipinski definition) is 0. The SMILES string of the molecule is O=C=[OH+].O=S(=O)([O-])C(F)(F)CC(F)(F)F. The number of carbonyl (C=O) groups excluding carboxylic acids is 2. The highest BCUT2D eigenvalue weighted by molar-refractivity contribution is 7.86. The molecule has 5 nitrogen and oxygen atoms in total. The molecule has 0 aromatic rings. The van der Waals surface area contributed by atoms with Gasteiger partial charge >= 0.3 is 17.6 Å². The highest BCUT2D eigenvalue weighted by Gasteiger charge is 2.48. The highest BCUT2D eigenvalue weighted by Crippen LogP contribution is 2.34. The lowest BCUT2D eigenvalue weighted by Gasteiger charge is -2.20. The molecule has 0 unspecified atom stereocenters. The second-order valence-corrected chi connectivity index (χ2v) is 3.48. The van der Waals surface area contributed by atoms with E-state index in [9.17, 15) is 34.9 Å². The smallest absolute Gasteiger partial charge is 0.660 e. The summed E-state index contributed by atoms with van der Waals surface area (Å²) in [6.45, 7) is 0. The third-order valence-electron chi connectivity index (χ3n) is 0.772. The standard InChI is InChI=1S/C3H3F5O3S.CO2/c4-2(5,6)1-3(7,8)12(9,10)11;2-1-3/h1H2,(H,9,10,11);. The largest absolute Gasteiger partial charge is 0.743 e. The van der Waals surface area contributed by atoms with Crippen LogP contribution >= 0.6 is 0 Å². The second-order valence-electron chi connectivity index (χ2n) is 1.97. The van der Waals surface area contributed by atoms with Crippen molar-refractivity contribution in [1.29, 1.82) is 0 Å². The van der Waals surface area contributed by atoms with Gasteiger partial charge in [0.25, 0.3) is 0 Å². The van der Waals surface area contributed by atoms with E-state index in [1.165, 1.54) is 0 Å². The Morgan fingerprint density at radius 1 is 1.20 bits per heavy atom. The first-order chi connectivity index (χ1) is 6.37. The molecule has 0 bridgehead atoms. The Labute approximate surface area is 79.6 Å². The molecule has 0 aliphatic heterocycles. The molecule has 11 heteroatoms. The van der Waals surface area contributed by atoms with Crippen molar-refractivity contribution in [2.75, 3.05) is 0 Å². The molecule has 0 aromatic heterocycles. The third-order valence-corrected chi connectivity index (χ3v) is 1.65. The van der Waals surface area contributed by atoms with E-state index in [0.29, 0.717) is 6.15 Å². The van der Waals surface area contributed by atoms with Crippen LogP contribution in [0.1, 0.15) is 6.42 Å². The molecule has 0 spiro atoms. The van der Waals surface area contributed by atoms with E-state index < -0.39 is 28.0 Å². The Hall–Kier alpha value is -1.06. The average Bonchev–Trinajstić information content (AvgIpc) is 1.79. The van der Waals surface area contributed by atoms with Crippen molar-refractivity contribution in [3.05, 3.63) is 0 Å². The van der Waals surface area contributed by atoms with Crippen LogP contribution in [0, 0.1) is 0 Å². The summed E-state index contributed by atoms with van der Waals surface area (Å²) in [5.41, 5.74) is 0. The van der Waals surface area contributed by atoms with Crippen molar-refractivity contribution >= 4 is 16.3 Å². The highest BCUT2D eigenvalue weighted by atomic mass is 32.2. The predicted octanol–water partition coefficient (Wildman–Crippen LogP) is 0.469. The van der Waals surface area contributed by atoms with Crippen molar-refractivity contribution in [3.8, 4) is 0 Å². The van der Waals surface area contributed by atoms with Crippen LogP contribution in [-0.2, 0) is 14.9 Å². The van der Waals surface area contributed by atoms with Crippen LogP contribution in [0.4, 0.5) is 22.0 Å². The summed E-state index contributed by atoms with van der Waals surface area (Å²) in [5, 5.41) is -5.29. The molecular formula is C4H3F5O5S. The normalized spacial score (nSPS) is 12.4. The van der Waals surface area contributed by atoms with Gasteiger partial charge in [0.1, 0.15) is 11.2 Å². The second kappa shape index (κ2) is 5.14. The minimum Gasteiger partial charge on any atom is -0.743 e. The molecule has 1 N–H and O–H groups in total. The zero-order chi connectivity index (χ0) is 12.9. The van der Waals surface area contributed by atoms with Crippen LogP contribution < -0.4 is 0 Å². The van der Waals surface area contributed by atoms with Crippen molar-refractivity contribution < 1.29 is 44.5 Å². The van der Waals surface area contributed by atoms with E-state index >= 15 is 0 Å². The molecular weight excluding hydrogens is 255 g/mol. The fourth-order valence-corrected chi connectivity index (χ4v) is 0.662. The Morgan fingerprint density at radius 2 is 1.47 bits per heavy atom. The monoisotopic (exact) mass is 258 g/mol. The zero-order valence-corrected chi connectivity index (χ0v) is 7.40. The number of halogens is 5. The van der Waals surface area contributed by atoms with Gasteiger partial charge in [0.15, 0.2) is 10.1 Å². The molecule has 90 valence electrons. The lowest BCUT2D eigenvalue weighted by molar-refractivity contribution is -0.168. The fourth-order valence-electron chi connectivity index (χ4n) is 0.322. The summed E-state index contributed by atoms with van der Waals surface area (Å²) in [4.78, 5) is 15.0. The maximum absolute atomic E-state index is 11.8. The van der Waals surface area contributed by atoms with E-state index in [-0.39, 0.29) is 0 Å². The van der Waals surface area contributed by atoms with E-state index in [0.717, 1.165) is 0 Å². The van der Waals surface area contributed by atoms with Crippen LogP contribution in [-0.4, -0.2) is 35.3 Å². The van der Waals surface area contributed by atoms with Gasteiger partial charge in [-0.2, -0.15) is 22.0 Å². The Bertz CT molecular complexity index is 324. The van der Waals surface area contributed by atoms with Crippen LogP contribution in [0.25, 0.3) is 0 Å². The number of alkyl halides is 5. The Balaban J connectivity index is 0. The summed E-state index contributed by atoms with van der Waals surface area (Å²) in [6.07, 6.45) is -7.84. The lowest BCUT2D eigenvalue weighted by Crippen LogP contribution is -2.34. The van der Waals surface area contributed by atoms with E-state index in [4.69, 9.17) is 9.59 Å². The quantitative estimate of drug-likeness (QED) is 0.408. The molecule has 0 aromatic carbocycles. The van der Waals surface area contributed by atoms with Crippen molar-refractivity contribution in [3.63, 3.8) is 0 Å². The number of rotatable bonds is 2. The molecule has 0 saturated carbocycles.